The summed E-state index contributed by atoms with van der Waals surface area (Å²) >= 11 is 6.97. The Kier molecular flexibility index (Phi) is 5.75. The molecule has 1 aromatic carbocycles. The van der Waals surface area contributed by atoms with Gasteiger partial charge in [0.1, 0.15) is 16.8 Å². The first-order chi connectivity index (χ1) is 12.5. The quantitative estimate of drug-likeness (QED) is 0.605. The summed E-state index contributed by atoms with van der Waals surface area (Å²) in [4.78, 5) is 24.1. The number of nitrogens with one attached hydrogen (secondary N) is 2. The van der Waals surface area contributed by atoms with E-state index < -0.39 is 5.25 Å². The van der Waals surface area contributed by atoms with Crippen molar-refractivity contribution in [1.82, 2.24) is 5.32 Å². The van der Waals surface area contributed by atoms with Gasteiger partial charge in [0.15, 0.2) is 5.17 Å². The number of aryl methyl sites for hydroxylation is 1. The third kappa shape index (κ3) is 4.96. The molecular weight excluding hydrogens is 376 g/mol. The lowest BCUT2D eigenvalue weighted by Gasteiger charge is -2.07. The largest absolute Gasteiger partial charge is 0.460 e. The molecule has 0 bridgehead atoms. The zero-order valence-corrected chi connectivity index (χ0v) is 15.3. The van der Waals surface area contributed by atoms with E-state index in [0.29, 0.717) is 21.6 Å². The molecule has 3 rings (SSSR count). The van der Waals surface area contributed by atoms with Gasteiger partial charge in [-0.05, 0) is 43.3 Å². The lowest BCUT2D eigenvalue weighted by atomic mass is 10.2. The van der Waals surface area contributed by atoms with Crippen LogP contribution in [0.1, 0.15) is 17.9 Å². The van der Waals surface area contributed by atoms with Gasteiger partial charge in [0.05, 0.1) is 6.21 Å². The molecule has 0 aliphatic carbocycles. The first-order valence-corrected chi connectivity index (χ1v) is 8.96. The maximum Gasteiger partial charge on any atom is 0.240 e. The Morgan fingerprint density at radius 3 is 2.81 bits per heavy atom. The number of rotatable bonds is 5. The van der Waals surface area contributed by atoms with E-state index in [0.717, 1.165) is 17.5 Å². The van der Waals surface area contributed by atoms with Gasteiger partial charge in [0.25, 0.3) is 0 Å². The van der Waals surface area contributed by atoms with E-state index in [1.165, 1.54) is 6.21 Å². The van der Waals surface area contributed by atoms with Gasteiger partial charge in [-0.1, -0.05) is 23.4 Å². The molecule has 1 fully saturated rings. The van der Waals surface area contributed by atoms with Crippen LogP contribution in [-0.2, 0) is 9.59 Å². The van der Waals surface area contributed by atoms with Gasteiger partial charge >= 0.3 is 0 Å². The number of amidine groups is 1. The lowest BCUT2D eigenvalue weighted by Crippen LogP contribution is -2.28. The maximum absolute atomic E-state index is 12.1. The number of nitrogens with zero attached hydrogens (tertiary/aromatic N) is 2. The highest BCUT2D eigenvalue weighted by Gasteiger charge is 2.32. The van der Waals surface area contributed by atoms with E-state index >= 15 is 0 Å². The summed E-state index contributed by atoms with van der Waals surface area (Å²) in [5, 5.41) is 13.5. The molecule has 1 saturated heterocycles. The number of amides is 2. The van der Waals surface area contributed by atoms with E-state index in [9.17, 15) is 9.59 Å². The summed E-state index contributed by atoms with van der Waals surface area (Å²) in [6.45, 7) is 1.83. The molecule has 26 heavy (non-hydrogen) atoms. The summed E-state index contributed by atoms with van der Waals surface area (Å²) in [7, 11) is 0. The second kappa shape index (κ2) is 8.20. The van der Waals surface area contributed by atoms with Crippen LogP contribution >= 0.6 is 23.4 Å². The van der Waals surface area contributed by atoms with Crippen LogP contribution in [0.25, 0.3) is 0 Å². The number of carbonyl (C=O) groups excluding carboxylic acids is 2. The van der Waals surface area contributed by atoms with Crippen molar-refractivity contribution in [3.05, 3.63) is 52.9 Å². The predicted molar refractivity (Wildman–Crippen MR) is 103 cm³/mol. The van der Waals surface area contributed by atoms with Crippen molar-refractivity contribution in [1.29, 1.82) is 0 Å². The molecule has 1 aliphatic heterocycles. The van der Waals surface area contributed by atoms with Crippen LogP contribution in [0.15, 0.2) is 51.0 Å². The summed E-state index contributed by atoms with van der Waals surface area (Å²) in [6, 6.07) is 10.3. The monoisotopic (exact) mass is 390 g/mol. The second-order valence-corrected chi connectivity index (χ2v) is 7.08. The molecule has 0 spiro atoms. The Balaban J connectivity index is 1.53. The maximum atomic E-state index is 12.1. The first kappa shape index (κ1) is 18.2. The molecule has 0 radical (unpaired) electrons. The number of anilines is 1. The van der Waals surface area contributed by atoms with E-state index in [1.54, 1.807) is 30.3 Å². The van der Waals surface area contributed by atoms with Gasteiger partial charge in [-0.2, -0.15) is 5.10 Å². The fourth-order valence-electron chi connectivity index (χ4n) is 2.16. The SMILES string of the molecule is Cc1ccc(/C=N\N=C2/NC(=O)[C@@H](CC(=O)Nc3ccc(Cl)cc3)S2)o1. The fourth-order valence-corrected chi connectivity index (χ4v) is 3.21. The molecule has 134 valence electrons. The summed E-state index contributed by atoms with van der Waals surface area (Å²) in [5.74, 6) is 0.800. The summed E-state index contributed by atoms with van der Waals surface area (Å²) in [5.41, 5.74) is 0.620. The zero-order valence-electron chi connectivity index (χ0n) is 13.7. The van der Waals surface area contributed by atoms with Gasteiger partial charge in [0, 0.05) is 17.1 Å². The van der Waals surface area contributed by atoms with E-state index in [4.69, 9.17) is 16.0 Å². The van der Waals surface area contributed by atoms with Crippen molar-refractivity contribution in [2.45, 2.75) is 18.6 Å². The van der Waals surface area contributed by atoms with Crippen molar-refractivity contribution < 1.29 is 14.0 Å². The topological polar surface area (TPSA) is 96.1 Å². The van der Waals surface area contributed by atoms with Crippen molar-refractivity contribution >= 4 is 52.2 Å². The van der Waals surface area contributed by atoms with Crippen molar-refractivity contribution in [2.75, 3.05) is 5.32 Å². The van der Waals surface area contributed by atoms with Crippen LogP contribution in [0, 0.1) is 6.92 Å². The smallest absolute Gasteiger partial charge is 0.240 e. The molecule has 1 aliphatic rings. The second-order valence-electron chi connectivity index (χ2n) is 5.45. The first-order valence-electron chi connectivity index (χ1n) is 7.70. The Morgan fingerprint density at radius 2 is 2.12 bits per heavy atom. The third-order valence-electron chi connectivity index (χ3n) is 3.37. The average molecular weight is 391 g/mol. The van der Waals surface area contributed by atoms with Crippen LogP contribution in [0.3, 0.4) is 0 Å². The summed E-state index contributed by atoms with van der Waals surface area (Å²) < 4.78 is 5.33. The summed E-state index contributed by atoms with van der Waals surface area (Å²) in [6.07, 6.45) is 1.48. The molecule has 2 aromatic rings. The van der Waals surface area contributed by atoms with Gasteiger partial charge < -0.3 is 15.1 Å². The van der Waals surface area contributed by atoms with Crippen LogP contribution in [0.2, 0.25) is 5.02 Å². The van der Waals surface area contributed by atoms with E-state index in [-0.39, 0.29) is 18.2 Å². The predicted octanol–water partition coefficient (Wildman–Crippen LogP) is 3.19. The highest BCUT2D eigenvalue weighted by atomic mass is 35.5. The molecule has 2 heterocycles. The van der Waals surface area contributed by atoms with Crippen LogP contribution in [0.4, 0.5) is 5.69 Å². The number of hydrogen-bond acceptors (Lipinski definition) is 6. The minimum Gasteiger partial charge on any atom is -0.460 e. The minimum atomic E-state index is -0.554. The van der Waals surface area contributed by atoms with Crippen LogP contribution < -0.4 is 10.6 Å². The number of furan rings is 1. The minimum absolute atomic E-state index is 0.0270. The highest BCUT2D eigenvalue weighted by Crippen LogP contribution is 2.23. The zero-order chi connectivity index (χ0) is 18.5. The van der Waals surface area contributed by atoms with Crippen molar-refractivity contribution in [2.24, 2.45) is 10.2 Å². The van der Waals surface area contributed by atoms with E-state index in [2.05, 4.69) is 20.8 Å². The molecule has 9 heteroatoms. The van der Waals surface area contributed by atoms with Gasteiger partial charge in [-0.15, -0.1) is 5.10 Å². The molecule has 1 atom stereocenters. The molecule has 1 aromatic heterocycles. The Labute approximate surface area is 158 Å². The fraction of sp³-hybridized carbons (Fsp3) is 0.176. The lowest BCUT2D eigenvalue weighted by molar-refractivity contribution is -0.122. The number of thioether (sulfide) groups is 1. The number of hydrogen-bond donors (Lipinski definition) is 2. The van der Waals surface area contributed by atoms with Gasteiger partial charge in [0.2, 0.25) is 11.8 Å². The van der Waals surface area contributed by atoms with Gasteiger partial charge in [-0.25, -0.2) is 0 Å². The van der Waals surface area contributed by atoms with Crippen molar-refractivity contribution in [3.8, 4) is 0 Å². The Morgan fingerprint density at radius 1 is 1.35 bits per heavy atom. The molecule has 0 saturated carbocycles. The molecule has 0 unspecified atom stereocenters. The third-order valence-corrected chi connectivity index (χ3v) is 4.69. The van der Waals surface area contributed by atoms with Crippen LogP contribution in [-0.4, -0.2) is 28.4 Å². The molecule has 2 amide bonds. The Bertz CT molecular complexity index is 876. The molecule has 7 nitrogen and oxygen atoms in total. The molecule has 2 N–H and O–H groups in total. The van der Waals surface area contributed by atoms with Crippen molar-refractivity contribution in [3.63, 3.8) is 0 Å². The van der Waals surface area contributed by atoms with E-state index in [1.807, 2.05) is 13.0 Å². The number of carbonyl (C=O) groups is 2. The normalized spacial score (nSPS) is 18.5. The van der Waals surface area contributed by atoms with Crippen LogP contribution in [0.5, 0.6) is 0 Å². The number of halogens is 1. The standard InChI is InChI=1S/C17H15ClN4O3S/c1-10-2-7-13(25-10)9-19-22-17-21-16(24)14(26-17)8-15(23)20-12-5-3-11(18)4-6-12/h2-7,9,14H,8H2,1H3,(H,20,23)(H,21,22,24)/b19-9-/t14-/m1/s1. The average Bonchev–Trinajstić information content (AvgIpc) is 3.16. The number of benzene rings is 1. The Hall–Kier alpha value is -2.58. The van der Waals surface area contributed by atoms with Gasteiger partial charge in [-0.3, -0.25) is 9.59 Å². The highest BCUT2D eigenvalue weighted by molar-refractivity contribution is 8.15. The molecular formula is C17H15ClN4O3S.